The van der Waals surface area contributed by atoms with Crippen LogP contribution in [0.4, 0.5) is 33.1 Å². The summed E-state index contributed by atoms with van der Waals surface area (Å²) in [6.07, 6.45) is 5.69. The van der Waals surface area contributed by atoms with Crippen LogP contribution < -0.4 is 25.3 Å². The Labute approximate surface area is 279 Å². The Morgan fingerprint density at radius 1 is 1.09 bits per heavy atom. The number of morpholine rings is 1. The minimum Gasteiger partial charge on any atom is -0.494 e. The molecule has 0 saturated carbocycles. The minimum absolute atomic E-state index is 0.226. The van der Waals surface area contributed by atoms with Gasteiger partial charge < -0.3 is 25.0 Å². The molecule has 1 amide bonds. The van der Waals surface area contributed by atoms with Crippen molar-refractivity contribution in [3.8, 4) is 5.75 Å². The lowest BCUT2D eigenvalue weighted by molar-refractivity contribution is -0.111. The molecule has 250 valence electrons. The van der Waals surface area contributed by atoms with Crippen molar-refractivity contribution in [3.63, 3.8) is 0 Å². The molecule has 1 aromatic heterocycles. The maximum atomic E-state index is 14.8. The van der Waals surface area contributed by atoms with Crippen LogP contribution in [-0.2, 0) is 14.4 Å². The third-order valence-corrected chi connectivity index (χ3v) is 9.13. The molecular formula is C34H41ClFN7O4. The maximum Gasteiger partial charge on any atom is 0.247 e. The molecule has 6 rings (SSSR count). The van der Waals surface area contributed by atoms with Crippen molar-refractivity contribution in [2.45, 2.75) is 57.4 Å². The topological polar surface area (TPSA) is 104 Å². The Kier molecular flexibility index (Phi) is 10.1. The number of ether oxygens (including phenoxy) is 2. The van der Waals surface area contributed by atoms with Gasteiger partial charge in [-0.25, -0.2) is 19.4 Å². The molecule has 2 N–H and O–H groups in total. The first-order valence-electron chi connectivity index (χ1n) is 16.0. The highest BCUT2D eigenvalue weighted by molar-refractivity contribution is 6.30. The van der Waals surface area contributed by atoms with E-state index in [0.717, 1.165) is 44.7 Å². The van der Waals surface area contributed by atoms with Gasteiger partial charge in [0.15, 0.2) is 5.82 Å². The second-order valence-corrected chi connectivity index (χ2v) is 12.6. The molecule has 0 spiro atoms. The summed E-state index contributed by atoms with van der Waals surface area (Å²) in [5.41, 5.74) is 2.55. The molecule has 0 bridgehead atoms. The largest absolute Gasteiger partial charge is 0.494 e. The monoisotopic (exact) mass is 665 g/mol. The predicted molar refractivity (Wildman–Crippen MR) is 181 cm³/mol. The highest BCUT2D eigenvalue weighted by Crippen LogP contribution is 2.41. The molecule has 0 radical (unpaired) electrons. The third kappa shape index (κ3) is 7.46. The summed E-state index contributed by atoms with van der Waals surface area (Å²) in [5.74, 6) is 0.779. The van der Waals surface area contributed by atoms with Crippen molar-refractivity contribution in [3.05, 3.63) is 71.8 Å². The van der Waals surface area contributed by atoms with Gasteiger partial charge in [0.2, 0.25) is 5.91 Å². The number of hydrogen-bond acceptors (Lipinski definition) is 10. The molecule has 3 saturated heterocycles. The zero-order chi connectivity index (χ0) is 33.1. The standard InChI is InChI=1S/C34H41ClFN7O4/c1-5-34(44)40-27-15-28(31(45-4)16-30(27)41-11-8-24(9-12-41)42-18-21(2)47-22(3)19-42)39-32-17-33(38-20-37-32)43-29(10-13-46-43)25-7-6-23(35)14-26(25)36/h5-7,14-17,20-22,24,29H,1,8-13,18-19H2,2-4H3,(H,40,44)(H,37,38,39)/t21-,22+,29-/m1/s1. The van der Waals surface area contributed by atoms with E-state index in [0.29, 0.717) is 58.4 Å². The van der Waals surface area contributed by atoms with Crippen molar-refractivity contribution >= 4 is 46.2 Å². The van der Waals surface area contributed by atoms with Gasteiger partial charge in [0.05, 0.1) is 49.0 Å². The lowest BCUT2D eigenvalue weighted by atomic mass is 10.00. The van der Waals surface area contributed by atoms with E-state index < -0.39 is 5.82 Å². The molecule has 3 aliphatic rings. The molecule has 13 heteroatoms. The SMILES string of the molecule is C=CC(=O)Nc1cc(Nc2cc(N3OCC[C@@H]3c3ccc(Cl)cc3F)ncn2)c(OC)cc1N1CCC(N2C[C@@H](C)O[C@@H](C)C2)CC1. The maximum absolute atomic E-state index is 14.8. The smallest absolute Gasteiger partial charge is 0.247 e. The zero-order valence-electron chi connectivity index (χ0n) is 26.9. The summed E-state index contributed by atoms with van der Waals surface area (Å²) >= 11 is 5.98. The highest BCUT2D eigenvalue weighted by Gasteiger charge is 2.33. The number of anilines is 5. The van der Waals surface area contributed by atoms with Gasteiger partial charge in [-0.1, -0.05) is 24.2 Å². The van der Waals surface area contributed by atoms with Crippen molar-refractivity contribution in [2.75, 3.05) is 60.5 Å². The molecule has 11 nitrogen and oxygen atoms in total. The number of aromatic nitrogens is 2. The van der Waals surface area contributed by atoms with Gasteiger partial charge in [-0.05, 0) is 51.0 Å². The van der Waals surface area contributed by atoms with Gasteiger partial charge in [0.1, 0.15) is 23.7 Å². The van der Waals surface area contributed by atoms with Gasteiger partial charge in [0.25, 0.3) is 0 Å². The molecule has 3 atom stereocenters. The van der Waals surface area contributed by atoms with Crippen LogP contribution in [0.5, 0.6) is 5.75 Å². The van der Waals surface area contributed by atoms with Crippen LogP contribution >= 0.6 is 11.6 Å². The number of nitrogens with zero attached hydrogens (tertiary/aromatic N) is 5. The predicted octanol–water partition coefficient (Wildman–Crippen LogP) is 6.11. The van der Waals surface area contributed by atoms with Crippen molar-refractivity contribution < 1.29 is 23.5 Å². The lowest BCUT2D eigenvalue weighted by Gasteiger charge is -2.44. The Hall–Kier alpha value is -3.97. The van der Waals surface area contributed by atoms with Crippen LogP contribution in [0.3, 0.4) is 0 Å². The number of halogens is 2. The fourth-order valence-corrected chi connectivity index (χ4v) is 6.95. The van der Waals surface area contributed by atoms with Crippen LogP contribution in [0, 0.1) is 5.82 Å². The fraction of sp³-hybridized carbons (Fsp3) is 0.441. The van der Waals surface area contributed by atoms with E-state index in [1.54, 1.807) is 30.4 Å². The second-order valence-electron chi connectivity index (χ2n) is 12.2. The highest BCUT2D eigenvalue weighted by atomic mass is 35.5. The molecule has 47 heavy (non-hydrogen) atoms. The molecule has 3 aliphatic heterocycles. The van der Waals surface area contributed by atoms with E-state index in [1.165, 1.54) is 18.5 Å². The number of hydrogen-bond donors (Lipinski definition) is 2. The number of piperidine rings is 1. The van der Waals surface area contributed by atoms with Crippen LogP contribution in [0.15, 0.2) is 55.4 Å². The first kappa shape index (κ1) is 33.0. The number of carbonyl (C=O) groups is 1. The number of benzene rings is 2. The first-order valence-corrected chi connectivity index (χ1v) is 16.4. The average molecular weight is 666 g/mol. The minimum atomic E-state index is -0.404. The lowest BCUT2D eigenvalue weighted by Crippen LogP contribution is -2.53. The number of carbonyl (C=O) groups excluding carboxylic acids is 1. The number of methoxy groups -OCH3 is 1. The van der Waals surface area contributed by atoms with Crippen LogP contribution in [0.25, 0.3) is 0 Å². The number of amides is 1. The van der Waals surface area contributed by atoms with E-state index >= 15 is 0 Å². The van der Waals surface area contributed by atoms with Gasteiger partial charge in [0, 0.05) is 61.4 Å². The molecular weight excluding hydrogens is 625 g/mol. The van der Waals surface area contributed by atoms with Crippen molar-refractivity contribution in [2.24, 2.45) is 0 Å². The van der Waals surface area contributed by atoms with Crippen LogP contribution in [0.2, 0.25) is 5.02 Å². The number of nitrogens with one attached hydrogen (secondary N) is 2. The molecule has 2 aromatic carbocycles. The molecule has 3 aromatic rings. The van der Waals surface area contributed by atoms with E-state index in [4.69, 9.17) is 25.9 Å². The summed E-state index contributed by atoms with van der Waals surface area (Å²) in [4.78, 5) is 32.1. The quantitative estimate of drug-likeness (QED) is 0.260. The normalized spacial score (nSPS) is 22.3. The Bertz CT molecular complexity index is 1590. The van der Waals surface area contributed by atoms with E-state index in [1.807, 2.05) is 12.1 Å². The zero-order valence-corrected chi connectivity index (χ0v) is 27.7. The summed E-state index contributed by atoms with van der Waals surface area (Å²) in [6.45, 7) is 11.9. The molecule has 4 heterocycles. The summed E-state index contributed by atoms with van der Waals surface area (Å²) in [5, 5.41) is 8.22. The van der Waals surface area contributed by atoms with Gasteiger partial charge in [-0.2, -0.15) is 0 Å². The number of hydroxylamine groups is 1. The van der Waals surface area contributed by atoms with E-state index in [9.17, 15) is 9.18 Å². The molecule has 3 fully saturated rings. The van der Waals surface area contributed by atoms with Gasteiger partial charge in [-0.3, -0.25) is 14.5 Å². The Balaban J connectivity index is 1.23. The number of rotatable bonds is 9. The Morgan fingerprint density at radius 3 is 2.55 bits per heavy atom. The fourth-order valence-electron chi connectivity index (χ4n) is 6.79. The second kappa shape index (κ2) is 14.4. The van der Waals surface area contributed by atoms with Crippen LogP contribution in [0.1, 0.15) is 44.7 Å². The van der Waals surface area contributed by atoms with E-state index in [-0.39, 0.29) is 24.2 Å². The van der Waals surface area contributed by atoms with E-state index in [2.05, 4.69) is 50.8 Å². The van der Waals surface area contributed by atoms with Crippen molar-refractivity contribution in [1.29, 1.82) is 0 Å². The van der Waals surface area contributed by atoms with Crippen molar-refractivity contribution in [1.82, 2.24) is 14.9 Å². The molecule has 0 aliphatic carbocycles. The van der Waals surface area contributed by atoms with Gasteiger partial charge in [-0.15, -0.1) is 0 Å². The Morgan fingerprint density at radius 2 is 1.85 bits per heavy atom. The summed E-state index contributed by atoms with van der Waals surface area (Å²) < 4.78 is 26.6. The summed E-state index contributed by atoms with van der Waals surface area (Å²) in [7, 11) is 1.61. The van der Waals surface area contributed by atoms with Crippen LogP contribution in [-0.4, -0.2) is 78.9 Å². The average Bonchev–Trinajstić information content (AvgIpc) is 3.54. The molecule has 0 unspecified atom stereocenters. The van der Waals surface area contributed by atoms with Gasteiger partial charge >= 0.3 is 0 Å². The summed E-state index contributed by atoms with van der Waals surface area (Å²) in [6, 6.07) is 10.2. The first-order chi connectivity index (χ1) is 22.7. The third-order valence-electron chi connectivity index (χ3n) is 8.90.